The van der Waals surface area contributed by atoms with Crippen molar-refractivity contribution in [2.24, 2.45) is 0 Å². The summed E-state index contributed by atoms with van der Waals surface area (Å²) in [5, 5.41) is 3.12. The third-order valence-electron chi connectivity index (χ3n) is 3.88. The fourth-order valence-corrected chi connectivity index (χ4v) is 2.68. The summed E-state index contributed by atoms with van der Waals surface area (Å²) in [6.07, 6.45) is 0. The first kappa shape index (κ1) is 19.0. The van der Waals surface area contributed by atoms with E-state index in [1.807, 2.05) is 25.1 Å². The summed E-state index contributed by atoms with van der Waals surface area (Å²) >= 11 is 6.00. The van der Waals surface area contributed by atoms with Crippen LogP contribution in [0.2, 0.25) is 5.02 Å². The first-order valence-electron chi connectivity index (χ1n) is 7.66. The van der Waals surface area contributed by atoms with Crippen LogP contribution in [0.25, 0.3) is 0 Å². The van der Waals surface area contributed by atoms with E-state index in [4.69, 9.17) is 22.1 Å². The SMILES string of the molecule is COc1cc(N)c(Cl)cc1C(=O)NCC(c1cccc(F)c1)N(C)C. The summed E-state index contributed by atoms with van der Waals surface area (Å²) in [6.45, 7) is 0.292. The third-order valence-corrected chi connectivity index (χ3v) is 4.20. The highest BCUT2D eigenvalue weighted by molar-refractivity contribution is 6.33. The van der Waals surface area contributed by atoms with Crippen LogP contribution < -0.4 is 15.8 Å². The average molecular weight is 366 g/mol. The largest absolute Gasteiger partial charge is 0.496 e. The van der Waals surface area contributed by atoms with Crippen molar-refractivity contribution in [2.45, 2.75) is 6.04 Å². The van der Waals surface area contributed by atoms with Gasteiger partial charge in [-0.05, 0) is 37.9 Å². The molecule has 5 nitrogen and oxygen atoms in total. The average Bonchev–Trinajstić information content (AvgIpc) is 2.56. The number of amides is 1. The predicted octanol–water partition coefficient (Wildman–Crippen LogP) is 3.10. The molecule has 0 saturated heterocycles. The van der Waals surface area contributed by atoms with Gasteiger partial charge in [0.25, 0.3) is 5.91 Å². The Kier molecular flexibility index (Phi) is 6.22. The maximum Gasteiger partial charge on any atom is 0.255 e. The van der Waals surface area contributed by atoms with E-state index >= 15 is 0 Å². The van der Waals surface area contributed by atoms with Gasteiger partial charge in [0.15, 0.2) is 0 Å². The smallest absolute Gasteiger partial charge is 0.255 e. The van der Waals surface area contributed by atoms with Crippen LogP contribution in [0.4, 0.5) is 10.1 Å². The van der Waals surface area contributed by atoms with E-state index in [0.717, 1.165) is 5.56 Å². The van der Waals surface area contributed by atoms with Gasteiger partial charge in [-0.2, -0.15) is 0 Å². The van der Waals surface area contributed by atoms with E-state index < -0.39 is 0 Å². The fraction of sp³-hybridized carbons (Fsp3) is 0.278. The van der Waals surface area contributed by atoms with Gasteiger partial charge < -0.3 is 20.7 Å². The molecule has 1 amide bonds. The summed E-state index contributed by atoms with van der Waals surface area (Å²) < 4.78 is 18.7. The summed E-state index contributed by atoms with van der Waals surface area (Å²) in [4.78, 5) is 14.4. The number of methoxy groups -OCH3 is 1. The monoisotopic (exact) mass is 365 g/mol. The molecule has 2 rings (SSSR count). The number of hydrogen-bond donors (Lipinski definition) is 2. The lowest BCUT2D eigenvalue weighted by Crippen LogP contribution is -2.34. The van der Waals surface area contributed by atoms with E-state index in [0.29, 0.717) is 23.5 Å². The van der Waals surface area contributed by atoms with Crippen molar-refractivity contribution in [3.63, 3.8) is 0 Å². The molecule has 134 valence electrons. The number of nitrogens with one attached hydrogen (secondary N) is 1. The molecular weight excluding hydrogens is 345 g/mol. The van der Waals surface area contributed by atoms with Crippen LogP contribution in [-0.4, -0.2) is 38.6 Å². The number of anilines is 1. The van der Waals surface area contributed by atoms with Crippen molar-refractivity contribution < 1.29 is 13.9 Å². The molecule has 25 heavy (non-hydrogen) atoms. The van der Waals surface area contributed by atoms with Crippen LogP contribution in [0.5, 0.6) is 5.75 Å². The first-order chi connectivity index (χ1) is 11.8. The number of likely N-dealkylation sites (N-methyl/N-ethyl adjacent to an activating group) is 1. The molecule has 0 radical (unpaired) electrons. The summed E-state index contributed by atoms with van der Waals surface area (Å²) in [7, 11) is 5.18. The van der Waals surface area contributed by atoms with E-state index in [1.54, 1.807) is 6.07 Å². The number of carbonyl (C=O) groups is 1. The molecule has 2 aromatic carbocycles. The Morgan fingerprint density at radius 2 is 2.08 bits per heavy atom. The lowest BCUT2D eigenvalue weighted by atomic mass is 10.1. The predicted molar refractivity (Wildman–Crippen MR) is 97.6 cm³/mol. The van der Waals surface area contributed by atoms with Crippen molar-refractivity contribution in [3.05, 3.63) is 58.4 Å². The van der Waals surface area contributed by atoms with Crippen molar-refractivity contribution >= 4 is 23.2 Å². The van der Waals surface area contributed by atoms with Crippen molar-refractivity contribution in [1.82, 2.24) is 10.2 Å². The maximum atomic E-state index is 13.5. The number of nitrogen functional groups attached to an aromatic ring is 1. The number of hydrogen-bond acceptors (Lipinski definition) is 4. The standard InChI is InChI=1S/C18H21ClFN3O2/c1-23(2)16(11-5-4-6-12(20)7-11)10-22-18(24)13-8-14(19)15(21)9-17(13)25-3/h4-9,16H,10,21H2,1-3H3,(H,22,24). The Hall–Kier alpha value is -2.31. The number of ether oxygens (including phenoxy) is 1. The Bertz CT molecular complexity index is 768. The number of rotatable bonds is 6. The number of halogens is 2. The number of benzene rings is 2. The molecule has 0 aliphatic carbocycles. The quantitative estimate of drug-likeness (QED) is 0.772. The highest BCUT2D eigenvalue weighted by Gasteiger charge is 2.19. The minimum absolute atomic E-state index is 0.185. The molecule has 7 heteroatoms. The van der Waals surface area contributed by atoms with Crippen LogP contribution in [0, 0.1) is 5.82 Å². The van der Waals surface area contributed by atoms with Crippen LogP contribution >= 0.6 is 11.6 Å². The van der Waals surface area contributed by atoms with E-state index in [2.05, 4.69) is 5.32 Å². The molecule has 0 spiro atoms. The normalized spacial score (nSPS) is 12.1. The number of nitrogens with two attached hydrogens (primary N) is 1. The fourth-order valence-electron chi connectivity index (χ4n) is 2.51. The van der Waals surface area contributed by atoms with Crippen molar-refractivity contribution in [3.8, 4) is 5.75 Å². The van der Waals surface area contributed by atoms with Gasteiger partial charge in [-0.1, -0.05) is 23.7 Å². The zero-order chi connectivity index (χ0) is 18.6. The molecule has 0 fully saturated rings. The molecule has 0 aromatic heterocycles. The lowest BCUT2D eigenvalue weighted by molar-refractivity contribution is 0.0939. The first-order valence-corrected chi connectivity index (χ1v) is 8.04. The molecule has 1 atom stereocenters. The summed E-state index contributed by atoms with van der Waals surface area (Å²) in [5.74, 6) is -0.323. The summed E-state index contributed by atoms with van der Waals surface area (Å²) in [6, 6.07) is 9.10. The van der Waals surface area contributed by atoms with E-state index in [-0.39, 0.29) is 22.8 Å². The minimum Gasteiger partial charge on any atom is -0.496 e. The zero-order valence-corrected chi connectivity index (χ0v) is 15.1. The molecule has 0 bridgehead atoms. The van der Waals surface area contributed by atoms with Gasteiger partial charge in [-0.15, -0.1) is 0 Å². The van der Waals surface area contributed by atoms with Gasteiger partial charge in [0, 0.05) is 12.6 Å². The Labute approximate surface area is 151 Å². The van der Waals surface area contributed by atoms with Gasteiger partial charge in [0.05, 0.1) is 29.4 Å². The molecule has 0 saturated carbocycles. The van der Waals surface area contributed by atoms with E-state index in [9.17, 15) is 9.18 Å². The minimum atomic E-state index is -0.345. The summed E-state index contributed by atoms with van der Waals surface area (Å²) in [5.41, 5.74) is 7.13. The van der Waals surface area contributed by atoms with Crippen LogP contribution in [0.15, 0.2) is 36.4 Å². The van der Waals surface area contributed by atoms with Crippen LogP contribution in [0.3, 0.4) is 0 Å². The van der Waals surface area contributed by atoms with Crippen molar-refractivity contribution in [2.75, 3.05) is 33.5 Å². The second-order valence-electron chi connectivity index (χ2n) is 5.82. The lowest BCUT2D eigenvalue weighted by Gasteiger charge is -2.25. The van der Waals surface area contributed by atoms with Gasteiger partial charge in [0.1, 0.15) is 11.6 Å². The highest BCUT2D eigenvalue weighted by Crippen LogP contribution is 2.29. The topological polar surface area (TPSA) is 67.6 Å². The molecule has 1 unspecified atom stereocenters. The third kappa shape index (κ3) is 4.61. The molecule has 0 aliphatic rings. The van der Waals surface area contributed by atoms with Crippen LogP contribution in [0.1, 0.15) is 22.0 Å². The molecule has 3 N–H and O–H groups in total. The maximum absolute atomic E-state index is 13.5. The Morgan fingerprint density at radius 1 is 1.36 bits per heavy atom. The molecule has 0 aliphatic heterocycles. The number of carbonyl (C=O) groups excluding carboxylic acids is 1. The molecular formula is C18H21ClFN3O2. The van der Waals surface area contributed by atoms with Gasteiger partial charge >= 0.3 is 0 Å². The zero-order valence-electron chi connectivity index (χ0n) is 14.3. The number of nitrogens with zero attached hydrogens (tertiary/aromatic N) is 1. The van der Waals surface area contributed by atoms with Crippen LogP contribution in [-0.2, 0) is 0 Å². The highest BCUT2D eigenvalue weighted by atomic mass is 35.5. The van der Waals surface area contributed by atoms with Gasteiger partial charge in [-0.3, -0.25) is 4.79 Å². The molecule has 0 heterocycles. The second kappa shape index (κ2) is 8.18. The van der Waals surface area contributed by atoms with E-state index in [1.165, 1.54) is 31.4 Å². The van der Waals surface area contributed by atoms with Gasteiger partial charge in [0.2, 0.25) is 0 Å². The molecule has 2 aromatic rings. The second-order valence-corrected chi connectivity index (χ2v) is 6.23. The Morgan fingerprint density at radius 3 is 2.68 bits per heavy atom. The van der Waals surface area contributed by atoms with Crippen molar-refractivity contribution in [1.29, 1.82) is 0 Å². The van der Waals surface area contributed by atoms with Gasteiger partial charge in [-0.25, -0.2) is 4.39 Å². The Balaban J connectivity index is 2.18.